The second-order valence-electron chi connectivity index (χ2n) is 11.2. The van der Waals surface area contributed by atoms with Crippen molar-refractivity contribution in [1.29, 1.82) is 0 Å². The van der Waals surface area contributed by atoms with Gasteiger partial charge in [0.25, 0.3) is 0 Å². The highest BCUT2D eigenvalue weighted by Crippen LogP contribution is 2.35. The summed E-state index contributed by atoms with van der Waals surface area (Å²) in [6.07, 6.45) is 9.03. The average molecular weight is 605 g/mol. The Bertz CT molecular complexity index is 2500. The van der Waals surface area contributed by atoms with Crippen molar-refractivity contribution in [3.8, 4) is 56.5 Å². The van der Waals surface area contributed by atoms with E-state index in [4.69, 9.17) is 24.9 Å². The summed E-state index contributed by atoms with van der Waals surface area (Å²) in [4.78, 5) is 33.1. The molecule has 0 aliphatic rings. The van der Waals surface area contributed by atoms with Crippen LogP contribution in [0.5, 0.6) is 0 Å². The lowest BCUT2D eigenvalue weighted by Gasteiger charge is -2.10. The van der Waals surface area contributed by atoms with Crippen LogP contribution in [0, 0.1) is 0 Å². The summed E-state index contributed by atoms with van der Waals surface area (Å²) in [6.45, 7) is 0. The first-order valence-electron chi connectivity index (χ1n) is 15.2. The van der Waals surface area contributed by atoms with Crippen molar-refractivity contribution in [1.82, 2.24) is 39.3 Å². The number of fused-ring (bicyclic) bond motifs is 5. The molecule has 0 amide bonds. The van der Waals surface area contributed by atoms with E-state index >= 15 is 0 Å². The fraction of sp³-hybridized carbons (Fsp3) is 0. The van der Waals surface area contributed by atoms with Gasteiger partial charge in [-0.3, -0.25) is 14.4 Å². The number of hydrogen-bond donors (Lipinski definition) is 0. The lowest BCUT2D eigenvalue weighted by atomic mass is 9.99. The normalized spacial score (nSPS) is 11.4. The second kappa shape index (κ2) is 11.0. The van der Waals surface area contributed by atoms with Crippen LogP contribution < -0.4 is 0 Å². The Balaban J connectivity index is 1.13. The predicted octanol–water partition coefficient (Wildman–Crippen LogP) is 8.35. The lowest BCUT2D eigenvalue weighted by molar-refractivity contribution is 1.07. The Morgan fingerprint density at radius 3 is 1.81 bits per heavy atom. The summed E-state index contributed by atoms with van der Waals surface area (Å²) in [5.41, 5.74) is 10.3. The molecule has 3 aromatic carbocycles. The Morgan fingerprint density at radius 1 is 0.447 bits per heavy atom. The fourth-order valence-electron chi connectivity index (χ4n) is 5.97. The van der Waals surface area contributed by atoms with E-state index in [9.17, 15) is 0 Å². The molecule has 0 atom stereocenters. The summed E-state index contributed by atoms with van der Waals surface area (Å²) < 4.78 is 2.12. The van der Waals surface area contributed by atoms with Gasteiger partial charge < -0.3 is 0 Å². The highest BCUT2D eigenvalue weighted by molar-refractivity contribution is 6.09. The van der Waals surface area contributed by atoms with Gasteiger partial charge in [-0.05, 0) is 59.7 Å². The van der Waals surface area contributed by atoms with Crippen LogP contribution in [0.4, 0.5) is 0 Å². The number of nitrogens with zero attached hydrogens (tertiary/aromatic N) is 8. The molecule has 0 unspecified atom stereocenters. The van der Waals surface area contributed by atoms with Gasteiger partial charge in [0.2, 0.25) is 0 Å². The standard InChI is InChI=1S/C39H24N8/c1-2-13-32-31(12-1)35-36(47-21-4-3-14-33(47)43-35)34(42-32)28-9-5-8-27(22-28)25-15-17-26(18-16-25)37-44-38(29-10-6-19-40-23-29)46-39(45-37)30-11-7-20-41-24-30/h1-24H. The van der Waals surface area contributed by atoms with Crippen molar-refractivity contribution in [3.05, 3.63) is 146 Å². The van der Waals surface area contributed by atoms with Crippen molar-refractivity contribution in [2.24, 2.45) is 0 Å². The maximum absolute atomic E-state index is 5.16. The monoisotopic (exact) mass is 604 g/mol. The number of pyridine rings is 4. The lowest BCUT2D eigenvalue weighted by Crippen LogP contribution is -2.00. The zero-order valence-corrected chi connectivity index (χ0v) is 24.9. The molecule has 0 saturated heterocycles. The molecular weight excluding hydrogens is 580 g/mol. The molecule has 0 radical (unpaired) electrons. The number of benzene rings is 3. The third-order valence-corrected chi connectivity index (χ3v) is 8.23. The van der Waals surface area contributed by atoms with E-state index in [0.29, 0.717) is 17.5 Å². The molecule has 0 fully saturated rings. The number of para-hydroxylation sites is 1. The number of hydrogen-bond acceptors (Lipinski definition) is 7. The van der Waals surface area contributed by atoms with Gasteiger partial charge in [-0.25, -0.2) is 24.9 Å². The van der Waals surface area contributed by atoms with E-state index in [0.717, 1.165) is 66.7 Å². The van der Waals surface area contributed by atoms with Gasteiger partial charge in [0.05, 0.1) is 16.7 Å². The SMILES string of the molecule is c1cncc(-c2nc(-c3ccc(-c4cccc(-c5nc6ccccc6c6nc7ccccn7c56)c4)cc3)nc(-c3cccnc3)n2)c1. The van der Waals surface area contributed by atoms with Gasteiger partial charge >= 0.3 is 0 Å². The van der Waals surface area contributed by atoms with Crippen molar-refractivity contribution >= 4 is 27.6 Å². The summed E-state index contributed by atoms with van der Waals surface area (Å²) in [6, 6.07) is 38.7. The van der Waals surface area contributed by atoms with Crippen LogP contribution >= 0.6 is 0 Å². The van der Waals surface area contributed by atoms with Crippen LogP contribution in [-0.4, -0.2) is 39.3 Å². The Kier molecular flexibility index (Phi) is 6.28. The summed E-state index contributed by atoms with van der Waals surface area (Å²) in [5, 5.41) is 1.04. The Labute approximate surface area is 269 Å². The molecule has 8 heteroatoms. The fourth-order valence-corrected chi connectivity index (χ4v) is 5.97. The number of aromatic nitrogens is 8. The van der Waals surface area contributed by atoms with Crippen LogP contribution in [0.1, 0.15) is 0 Å². The molecule has 9 aromatic rings. The summed E-state index contributed by atoms with van der Waals surface area (Å²) in [7, 11) is 0. The van der Waals surface area contributed by atoms with Gasteiger partial charge in [-0.2, -0.15) is 0 Å². The first-order chi connectivity index (χ1) is 23.3. The van der Waals surface area contributed by atoms with Gasteiger partial charge in [-0.15, -0.1) is 0 Å². The van der Waals surface area contributed by atoms with E-state index in [1.807, 2.05) is 79.0 Å². The molecule has 47 heavy (non-hydrogen) atoms. The van der Waals surface area contributed by atoms with E-state index < -0.39 is 0 Å². The molecule has 9 rings (SSSR count). The van der Waals surface area contributed by atoms with Crippen molar-refractivity contribution in [3.63, 3.8) is 0 Å². The highest BCUT2D eigenvalue weighted by Gasteiger charge is 2.17. The predicted molar refractivity (Wildman–Crippen MR) is 184 cm³/mol. The van der Waals surface area contributed by atoms with Gasteiger partial charge in [0, 0.05) is 58.6 Å². The minimum Gasteiger partial charge on any atom is -0.298 e. The van der Waals surface area contributed by atoms with Crippen molar-refractivity contribution in [2.75, 3.05) is 0 Å². The molecule has 0 aliphatic carbocycles. The van der Waals surface area contributed by atoms with Crippen LogP contribution in [0.25, 0.3) is 84.1 Å². The van der Waals surface area contributed by atoms with Gasteiger partial charge in [0.15, 0.2) is 17.5 Å². The van der Waals surface area contributed by atoms with E-state index in [1.165, 1.54) is 0 Å². The van der Waals surface area contributed by atoms with Crippen LogP contribution in [0.3, 0.4) is 0 Å². The molecule has 0 spiro atoms. The maximum Gasteiger partial charge on any atom is 0.165 e. The molecule has 0 saturated carbocycles. The van der Waals surface area contributed by atoms with Crippen LogP contribution in [-0.2, 0) is 0 Å². The van der Waals surface area contributed by atoms with E-state index in [2.05, 4.69) is 56.8 Å². The van der Waals surface area contributed by atoms with Crippen molar-refractivity contribution in [2.45, 2.75) is 0 Å². The quantitative estimate of drug-likeness (QED) is 0.195. The molecule has 0 N–H and O–H groups in total. The molecule has 0 bridgehead atoms. The Hall–Kier alpha value is -6.67. The minimum atomic E-state index is 0.556. The van der Waals surface area contributed by atoms with Crippen LogP contribution in [0.2, 0.25) is 0 Å². The molecule has 6 aromatic heterocycles. The largest absolute Gasteiger partial charge is 0.298 e. The van der Waals surface area contributed by atoms with Crippen molar-refractivity contribution < 1.29 is 0 Å². The molecule has 8 nitrogen and oxygen atoms in total. The highest BCUT2D eigenvalue weighted by atomic mass is 15.0. The van der Waals surface area contributed by atoms with Gasteiger partial charge in [0.1, 0.15) is 11.2 Å². The number of rotatable bonds is 5. The molecular formula is C39H24N8. The first-order valence-corrected chi connectivity index (χ1v) is 15.2. The maximum atomic E-state index is 5.16. The summed E-state index contributed by atoms with van der Waals surface area (Å²) >= 11 is 0. The topological polar surface area (TPSA) is 94.6 Å². The zero-order valence-electron chi connectivity index (χ0n) is 24.9. The minimum absolute atomic E-state index is 0.556. The molecule has 0 aliphatic heterocycles. The van der Waals surface area contributed by atoms with E-state index in [-0.39, 0.29) is 0 Å². The number of imidazole rings is 1. The van der Waals surface area contributed by atoms with Gasteiger partial charge in [-0.1, -0.05) is 66.7 Å². The molecule has 220 valence electrons. The zero-order chi connectivity index (χ0) is 31.2. The smallest absolute Gasteiger partial charge is 0.165 e. The first kappa shape index (κ1) is 26.7. The van der Waals surface area contributed by atoms with Crippen LogP contribution in [0.15, 0.2) is 146 Å². The third-order valence-electron chi connectivity index (χ3n) is 8.23. The molecule has 6 heterocycles. The third kappa shape index (κ3) is 4.76. The summed E-state index contributed by atoms with van der Waals surface area (Å²) in [5.74, 6) is 1.69. The Morgan fingerprint density at radius 2 is 1.09 bits per heavy atom. The second-order valence-corrected chi connectivity index (χ2v) is 11.2. The van der Waals surface area contributed by atoms with E-state index in [1.54, 1.807) is 24.8 Å². The average Bonchev–Trinajstić information content (AvgIpc) is 3.55.